The molecule has 0 saturated heterocycles. The van der Waals surface area contributed by atoms with Gasteiger partial charge in [0.25, 0.3) is 0 Å². The van der Waals surface area contributed by atoms with Crippen molar-refractivity contribution in [1.82, 2.24) is 0 Å². The zero-order valence-corrected chi connectivity index (χ0v) is 12.4. The van der Waals surface area contributed by atoms with Crippen LogP contribution in [0.2, 0.25) is 0 Å². The Kier molecular flexibility index (Phi) is 7.23. The molecule has 1 aromatic rings. The summed E-state index contributed by atoms with van der Waals surface area (Å²) in [6, 6.07) is 8.72. The van der Waals surface area contributed by atoms with Crippen LogP contribution in [0.4, 0.5) is 0 Å². The van der Waals surface area contributed by atoms with Crippen LogP contribution in [0.15, 0.2) is 43.0 Å². The molecule has 0 heterocycles. The molecule has 0 amide bonds. The van der Waals surface area contributed by atoms with Crippen LogP contribution >= 0.6 is 7.60 Å². The summed E-state index contributed by atoms with van der Waals surface area (Å²) in [6.07, 6.45) is 1.79. The van der Waals surface area contributed by atoms with E-state index in [0.717, 1.165) is 12.5 Å². The van der Waals surface area contributed by atoms with Crippen LogP contribution in [0.5, 0.6) is 0 Å². The first-order valence-corrected chi connectivity index (χ1v) is 7.90. The Labute approximate surface area is 119 Å². The summed E-state index contributed by atoms with van der Waals surface area (Å²) in [4.78, 5) is 10.9. The van der Waals surface area contributed by atoms with Gasteiger partial charge in [0.1, 0.15) is 6.61 Å². The fraction of sp³-hybridized carbons (Fsp3) is 0.357. The van der Waals surface area contributed by atoms with Gasteiger partial charge in [-0.25, -0.2) is 4.79 Å². The predicted octanol–water partition coefficient (Wildman–Crippen LogP) is 2.68. The third kappa shape index (κ3) is 5.29. The molecule has 6 heteroatoms. The molecular weight excluding hydrogens is 279 g/mol. The van der Waals surface area contributed by atoms with Gasteiger partial charge < -0.3 is 13.8 Å². The largest absolute Gasteiger partial charge is 0.460 e. The average molecular weight is 298 g/mol. The van der Waals surface area contributed by atoms with Crippen molar-refractivity contribution < 1.29 is 23.1 Å². The molecule has 0 aromatic heterocycles. The minimum atomic E-state index is -3.37. The molecule has 0 radical (unpaired) electrons. The summed E-state index contributed by atoms with van der Waals surface area (Å²) < 4.78 is 28.2. The van der Waals surface area contributed by atoms with Gasteiger partial charge >= 0.3 is 13.6 Å². The third-order valence-electron chi connectivity index (χ3n) is 2.29. The van der Waals surface area contributed by atoms with Crippen molar-refractivity contribution in [3.63, 3.8) is 0 Å². The molecule has 0 saturated carbocycles. The van der Waals surface area contributed by atoms with Crippen LogP contribution in [0.3, 0.4) is 0 Å². The van der Waals surface area contributed by atoms with E-state index >= 15 is 0 Å². The zero-order chi connectivity index (χ0) is 14.8. The molecule has 1 aromatic carbocycles. The van der Waals surface area contributed by atoms with E-state index in [1.807, 2.05) is 13.0 Å². The van der Waals surface area contributed by atoms with Crippen molar-refractivity contribution in [3.8, 4) is 0 Å². The normalized spacial score (nSPS) is 13.4. The van der Waals surface area contributed by atoms with Gasteiger partial charge in [-0.15, -0.1) is 0 Å². The lowest BCUT2D eigenvalue weighted by atomic mass is 10.4. The van der Waals surface area contributed by atoms with E-state index in [4.69, 9.17) is 13.8 Å². The second-order valence-corrected chi connectivity index (χ2v) is 5.90. The smallest absolute Gasteiger partial charge is 0.361 e. The highest BCUT2D eigenvalue weighted by atomic mass is 31.2. The molecule has 5 nitrogen and oxygen atoms in total. The zero-order valence-electron chi connectivity index (χ0n) is 11.5. The van der Waals surface area contributed by atoms with E-state index in [0.29, 0.717) is 11.9 Å². The van der Waals surface area contributed by atoms with Gasteiger partial charge in [0.15, 0.2) is 0 Å². The van der Waals surface area contributed by atoms with Crippen molar-refractivity contribution in [3.05, 3.63) is 43.0 Å². The first-order valence-electron chi connectivity index (χ1n) is 6.36. The maximum atomic E-state index is 12.7. The lowest BCUT2D eigenvalue weighted by Crippen LogP contribution is -2.14. The number of carbonyl (C=O) groups excluding carboxylic acids is 1. The van der Waals surface area contributed by atoms with Gasteiger partial charge in [-0.2, -0.15) is 0 Å². The molecule has 1 unspecified atom stereocenters. The van der Waals surface area contributed by atoms with Crippen molar-refractivity contribution >= 4 is 18.9 Å². The summed E-state index contributed by atoms with van der Waals surface area (Å²) in [5.74, 6) is -0.544. The summed E-state index contributed by atoms with van der Waals surface area (Å²) in [6.45, 7) is 5.52. The summed E-state index contributed by atoms with van der Waals surface area (Å²) in [5, 5.41) is 0.489. The van der Waals surface area contributed by atoms with Crippen LogP contribution in [-0.4, -0.2) is 25.8 Å². The van der Waals surface area contributed by atoms with Crippen molar-refractivity contribution in [2.75, 3.05) is 19.8 Å². The van der Waals surface area contributed by atoms with E-state index in [-0.39, 0.29) is 13.2 Å². The van der Waals surface area contributed by atoms with Crippen molar-refractivity contribution in [1.29, 1.82) is 0 Å². The molecule has 0 spiro atoms. The quantitative estimate of drug-likeness (QED) is 0.303. The molecule has 1 rings (SSSR count). The molecule has 0 aliphatic carbocycles. The molecule has 0 N–H and O–H groups in total. The first-order chi connectivity index (χ1) is 9.62. The van der Waals surface area contributed by atoms with Crippen LogP contribution < -0.4 is 5.30 Å². The Balaban J connectivity index is 2.62. The number of carbonyl (C=O) groups is 1. The van der Waals surface area contributed by atoms with Gasteiger partial charge in [0, 0.05) is 6.08 Å². The van der Waals surface area contributed by atoms with Gasteiger partial charge in [0.05, 0.1) is 18.5 Å². The summed E-state index contributed by atoms with van der Waals surface area (Å²) in [7, 11) is -3.37. The van der Waals surface area contributed by atoms with Gasteiger partial charge in [-0.1, -0.05) is 31.7 Å². The Morgan fingerprint density at radius 1 is 1.20 bits per heavy atom. The average Bonchev–Trinajstić information content (AvgIpc) is 2.50. The molecule has 0 bridgehead atoms. The van der Waals surface area contributed by atoms with Crippen molar-refractivity contribution in [2.24, 2.45) is 0 Å². The van der Waals surface area contributed by atoms with E-state index in [2.05, 4.69) is 6.58 Å². The molecule has 110 valence electrons. The lowest BCUT2D eigenvalue weighted by molar-refractivity contribution is -0.138. The van der Waals surface area contributed by atoms with E-state index in [9.17, 15) is 9.36 Å². The van der Waals surface area contributed by atoms with Crippen LogP contribution in [0.25, 0.3) is 0 Å². The number of hydrogen-bond acceptors (Lipinski definition) is 5. The first kappa shape index (κ1) is 16.6. The second-order valence-electron chi connectivity index (χ2n) is 3.87. The fourth-order valence-electron chi connectivity index (χ4n) is 1.37. The van der Waals surface area contributed by atoms with E-state index in [1.165, 1.54) is 0 Å². The summed E-state index contributed by atoms with van der Waals surface area (Å²) in [5.41, 5.74) is 0. The van der Waals surface area contributed by atoms with Gasteiger partial charge in [-0.05, 0) is 18.6 Å². The van der Waals surface area contributed by atoms with Gasteiger partial charge in [0.2, 0.25) is 0 Å². The van der Waals surface area contributed by atoms with E-state index in [1.54, 1.807) is 24.3 Å². The van der Waals surface area contributed by atoms with Gasteiger partial charge in [-0.3, -0.25) is 4.57 Å². The Bertz CT molecular complexity index is 472. The molecule has 0 fully saturated rings. The summed E-state index contributed by atoms with van der Waals surface area (Å²) >= 11 is 0. The predicted molar refractivity (Wildman–Crippen MR) is 77.0 cm³/mol. The maximum Gasteiger partial charge on any atom is 0.361 e. The standard InChI is InChI=1S/C14H19O5P/c1-3-10-18-20(16,13-8-6-5-7-9-13)19-12-11-17-14(15)4-2/h4-9H,2-3,10-12H2,1H3. The minimum absolute atomic E-state index is 0.00282. The Morgan fingerprint density at radius 2 is 1.85 bits per heavy atom. The minimum Gasteiger partial charge on any atom is -0.460 e. The second kappa shape index (κ2) is 8.69. The molecule has 0 aliphatic heterocycles. The number of benzene rings is 1. The SMILES string of the molecule is C=CC(=O)OCCOP(=O)(OCCC)c1ccccc1. The van der Waals surface area contributed by atoms with Crippen LogP contribution in [0, 0.1) is 0 Å². The highest BCUT2D eigenvalue weighted by Crippen LogP contribution is 2.46. The third-order valence-corrected chi connectivity index (χ3v) is 4.27. The molecule has 0 aliphatic rings. The number of ether oxygens (including phenoxy) is 1. The lowest BCUT2D eigenvalue weighted by Gasteiger charge is -2.18. The topological polar surface area (TPSA) is 61.8 Å². The number of hydrogen-bond donors (Lipinski definition) is 0. The Morgan fingerprint density at radius 3 is 2.45 bits per heavy atom. The monoisotopic (exact) mass is 298 g/mol. The maximum absolute atomic E-state index is 12.7. The molecule has 1 atom stereocenters. The molecule has 20 heavy (non-hydrogen) atoms. The number of esters is 1. The number of rotatable bonds is 9. The van der Waals surface area contributed by atoms with Crippen LogP contribution in [-0.2, 0) is 23.1 Å². The van der Waals surface area contributed by atoms with E-state index < -0.39 is 13.6 Å². The van der Waals surface area contributed by atoms with Crippen LogP contribution in [0.1, 0.15) is 13.3 Å². The highest BCUT2D eigenvalue weighted by molar-refractivity contribution is 7.62. The highest BCUT2D eigenvalue weighted by Gasteiger charge is 2.27. The Hall–Kier alpha value is -1.42. The van der Waals surface area contributed by atoms with Crippen molar-refractivity contribution in [2.45, 2.75) is 13.3 Å². The molecular formula is C14H19O5P. The fourth-order valence-corrected chi connectivity index (χ4v) is 3.01.